The predicted molar refractivity (Wildman–Crippen MR) is 23.9 cm³/mol. The summed E-state index contributed by atoms with van der Waals surface area (Å²) < 4.78 is 24.1. The Morgan fingerprint density at radius 2 is 1.33 bits per heavy atom. The number of rotatable bonds is 0. The molecule has 0 bridgehead atoms. The van der Waals surface area contributed by atoms with Crippen molar-refractivity contribution in [3.63, 3.8) is 0 Å². The predicted octanol–water partition coefficient (Wildman–Crippen LogP) is -3.82. The smallest absolute Gasteiger partial charge is 0.750 e. The van der Waals surface area contributed by atoms with Gasteiger partial charge in [-0.25, -0.2) is 4.21 Å². The molecule has 0 aromatic heterocycles. The molecule has 0 fully saturated rings. The Hall–Kier alpha value is 0.660. The molecular formula is CH5NaO6S. The van der Waals surface area contributed by atoms with Crippen LogP contribution < -0.4 is 29.6 Å². The second-order valence-electron chi connectivity index (χ2n) is 0.217. The summed E-state index contributed by atoms with van der Waals surface area (Å²) in [6.07, 6.45) is 0. The van der Waals surface area contributed by atoms with E-state index in [-0.39, 0.29) is 29.6 Å². The molecule has 0 aliphatic rings. The summed E-state index contributed by atoms with van der Waals surface area (Å²) in [6.45, 7) is 2.00. The van der Waals surface area contributed by atoms with E-state index in [1.165, 1.54) is 0 Å². The maximum atomic E-state index is 8.56. The van der Waals surface area contributed by atoms with E-state index >= 15 is 0 Å². The molecular weight excluding hydrogens is 163 g/mol. The van der Waals surface area contributed by atoms with E-state index in [0.717, 1.165) is 0 Å². The van der Waals surface area contributed by atoms with Crippen LogP contribution in [0, 0.1) is 0 Å². The van der Waals surface area contributed by atoms with Crippen molar-refractivity contribution in [2.24, 2.45) is 0 Å². The number of carbonyl (C=O) groups is 1. The van der Waals surface area contributed by atoms with Crippen LogP contribution in [-0.4, -0.2) is 30.6 Å². The number of carbonyl (C=O) groups excluding carboxylic acids is 1. The maximum absolute atomic E-state index is 8.56. The Kier molecular flexibility index (Phi) is 95.3. The average Bonchev–Trinajstić information content (AvgIpc) is 1.75. The van der Waals surface area contributed by atoms with E-state index in [4.69, 9.17) is 28.6 Å². The first kappa shape index (κ1) is 22.6. The molecule has 6 nitrogen and oxygen atoms in total. The SMILES string of the molecule is C=O.O=S([O-])O.OO.[Na+]. The zero-order chi connectivity index (χ0) is 7.58. The van der Waals surface area contributed by atoms with Crippen LogP contribution in [0.3, 0.4) is 0 Å². The summed E-state index contributed by atoms with van der Waals surface area (Å²) in [6, 6.07) is 0. The van der Waals surface area contributed by atoms with E-state index in [2.05, 4.69) is 0 Å². The van der Waals surface area contributed by atoms with Gasteiger partial charge in [0.25, 0.3) is 0 Å². The fourth-order valence-electron chi connectivity index (χ4n) is 0. The van der Waals surface area contributed by atoms with E-state index in [0.29, 0.717) is 0 Å². The topological polar surface area (TPSA) is 118 Å². The number of hydrogen-bond donors (Lipinski definition) is 3. The molecule has 52 valence electrons. The van der Waals surface area contributed by atoms with Crippen LogP contribution in [0.15, 0.2) is 0 Å². The van der Waals surface area contributed by atoms with E-state index < -0.39 is 11.4 Å². The minimum absolute atomic E-state index is 0. The van der Waals surface area contributed by atoms with E-state index in [9.17, 15) is 0 Å². The molecule has 0 rings (SSSR count). The quantitative estimate of drug-likeness (QED) is 0.147. The van der Waals surface area contributed by atoms with Crippen molar-refractivity contribution in [2.45, 2.75) is 0 Å². The normalized spacial score (nSPS) is 8.00. The van der Waals surface area contributed by atoms with Gasteiger partial charge < -0.3 is 13.9 Å². The van der Waals surface area contributed by atoms with E-state index in [1.807, 2.05) is 6.79 Å². The minimum Gasteiger partial charge on any atom is -0.750 e. The molecule has 1 atom stereocenters. The first-order chi connectivity index (χ1) is 3.73. The maximum Gasteiger partial charge on any atom is 1.00 e. The summed E-state index contributed by atoms with van der Waals surface area (Å²) in [5, 5.41) is 12.0. The van der Waals surface area contributed by atoms with Gasteiger partial charge in [-0.2, -0.15) is 0 Å². The van der Waals surface area contributed by atoms with Gasteiger partial charge >= 0.3 is 29.6 Å². The Morgan fingerprint density at radius 3 is 1.33 bits per heavy atom. The van der Waals surface area contributed by atoms with Crippen molar-refractivity contribution in [2.75, 3.05) is 0 Å². The van der Waals surface area contributed by atoms with Gasteiger partial charge in [0, 0.05) is 0 Å². The van der Waals surface area contributed by atoms with Crippen LogP contribution in [-0.2, 0) is 16.2 Å². The van der Waals surface area contributed by atoms with Crippen LogP contribution in [0.1, 0.15) is 0 Å². The summed E-state index contributed by atoms with van der Waals surface area (Å²) in [5.41, 5.74) is 0. The molecule has 0 spiro atoms. The minimum atomic E-state index is -2.86. The molecule has 0 saturated carbocycles. The molecule has 9 heavy (non-hydrogen) atoms. The molecule has 1 unspecified atom stereocenters. The van der Waals surface area contributed by atoms with Crippen LogP contribution in [0.25, 0.3) is 0 Å². The van der Waals surface area contributed by atoms with Gasteiger partial charge in [-0.15, -0.1) is 0 Å². The zero-order valence-corrected chi connectivity index (χ0v) is 7.50. The summed E-state index contributed by atoms with van der Waals surface area (Å²) in [5.74, 6) is 0. The van der Waals surface area contributed by atoms with Gasteiger partial charge in [0.05, 0.1) is 11.4 Å². The Morgan fingerprint density at radius 1 is 1.33 bits per heavy atom. The molecule has 0 radical (unpaired) electrons. The summed E-state index contributed by atoms with van der Waals surface area (Å²) in [7, 11) is 0. The van der Waals surface area contributed by atoms with Gasteiger partial charge in [0.15, 0.2) is 0 Å². The van der Waals surface area contributed by atoms with Crippen molar-refractivity contribution in [1.29, 1.82) is 0 Å². The zero-order valence-electron chi connectivity index (χ0n) is 4.68. The third-order valence-electron chi connectivity index (χ3n) is 0. The molecule has 0 aromatic carbocycles. The number of hydrogen-bond acceptors (Lipinski definition) is 5. The molecule has 0 aromatic rings. The third-order valence-corrected chi connectivity index (χ3v) is 0. The second-order valence-corrected chi connectivity index (χ2v) is 0.651. The molecule has 0 aliphatic carbocycles. The van der Waals surface area contributed by atoms with Crippen molar-refractivity contribution < 1.29 is 58.2 Å². The van der Waals surface area contributed by atoms with E-state index in [1.54, 1.807) is 0 Å². The Labute approximate surface area is 76.2 Å². The van der Waals surface area contributed by atoms with Crippen LogP contribution in [0.5, 0.6) is 0 Å². The third kappa shape index (κ3) is 882. The van der Waals surface area contributed by atoms with Crippen molar-refractivity contribution >= 4 is 18.2 Å². The molecule has 0 aliphatic heterocycles. The molecule has 0 heterocycles. The van der Waals surface area contributed by atoms with Crippen LogP contribution in [0.2, 0.25) is 0 Å². The van der Waals surface area contributed by atoms with Crippen molar-refractivity contribution in [3.05, 3.63) is 0 Å². The van der Waals surface area contributed by atoms with Crippen molar-refractivity contribution in [3.8, 4) is 0 Å². The first-order valence-electron chi connectivity index (χ1n) is 1.00. The Balaban J connectivity index is -0.0000000221. The standard InChI is InChI=1S/CH2O.Na.H2O3S.H2O2/c1-2;;1-4(2)3;1-2/h1H2;;(H2,1,2,3);1-2H/q;+1;;/p-1. The van der Waals surface area contributed by atoms with Gasteiger partial charge in [0.1, 0.15) is 6.79 Å². The first-order valence-corrected chi connectivity index (χ1v) is 2.04. The molecule has 3 N–H and O–H groups in total. The van der Waals surface area contributed by atoms with Gasteiger partial charge in [0.2, 0.25) is 0 Å². The summed E-state index contributed by atoms with van der Waals surface area (Å²) in [4.78, 5) is 8.00. The fraction of sp³-hybridized carbons (Fsp3) is 0. The molecule has 8 heteroatoms. The van der Waals surface area contributed by atoms with Crippen LogP contribution in [0.4, 0.5) is 0 Å². The molecule has 0 amide bonds. The van der Waals surface area contributed by atoms with Crippen molar-refractivity contribution in [1.82, 2.24) is 0 Å². The van der Waals surface area contributed by atoms with Crippen LogP contribution >= 0.6 is 0 Å². The summed E-state index contributed by atoms with van der Waals surface area (Å²) >= 11 is -2.86. The fourth-order valence-corrected chi connectivity index (χ4v) is 0. The largest absolute Gasteiger partial charge is 1.00 e. The van der Waals surface area contributed by atoms with Gasteiger partial charge in [-0.1, -0.05) is 0 Å². The average molecular weight is 168 g/mol. The Bertz CT molecular complexity index is 44.3. The monoisotopic (exact) mass is 168 g/mol. The van der Waals surface area contributed by atoms with Gasteiger partial charge in [-0.05, 0) is 0 Å². The molecule has 0 saturated heterocycles. The van der Waals surface area contributed by atoms with Gasteiger partial charge in [-0.3, -0.25) is 10.5 Å². The second kappa shape index (κ2) is 37.9.